The molecule has 1 heterocycles. The van der Waals surface area contributed by atoms with Crippen LogP contribution in [0, 0.1) is 0 Å². The SMILES string of the molecule is CNC(=O)c1ccc(N2CCCCCC2)c(N)c1. The highest BCUT2D eigenvalue weighted by atomic mass is 16.1. The zero-order valence-corrected chi connectivity index (χ0v) is 10.9. The van der Waals surface area contributed by atoms with Crippen molar-refractivity contribution in [2.75, 3.05) is 30.8 Å². The lowest BCUT2D eigenvalue weighted by Gasteiger charge is -2.24. The van der Waals surface area contributed by atoms with Gasteiger partial charge >= 0.3 is 0 Å². The Kier molecular flexibility index (Phi) is 4.07. The number of anilines is 2. The van der Waals surface area contributed by atoms with Crippen molar-refractivity contribution in [1.82, 2.24) is 5.32 Å². The molecule has 1 aliphatic rings. The number of nitrogens with two attached hydrogens (primary N) is 1. The lowest BCUT2D eigenvalue weighted by molar-refractivity contribution is 0.0963. The molecule has 1 aromatic carbocycles. The van der Waals surface area contributed by atoms with Crippen molar-refractivity contribution < 1.29 is 4.79 Å². The van der Waals surface area contributed by atoms with Crippen molar-refractivity contribution in [3.05, 3.63) is 23.8 Å². The number of carbonyl (C=O) groups excluding carboxylic acids is 1. The van der Waals surface area contributed by atoms with Crippen molar-refractivity contribution in [3.8, 4) is 0 Å². The molecule has 0 radical (unpaired) electrons. The Bertz CT molecular complexity index is 423. The van der Waals surface area contributed by atoms with Crippen LogP contribution in [0.25, 0.3) is 0 Å². The molecule has 1 amide bonds. The van der Waals surface area contributed by atoms with E-state index in [0.29, 0.717) is 11.3 Å². The predicted octanol–water partition coefficient (Wildman–Crippen LogP) is 2.01. The fraction of sp³-hybridized carbons (Fsp3) is 0.500. The van der Waals surface area contributed by atoms with Crippen molar-refractivity contribution in [3.63, 3.8) is 0 Å². The Morgan fingerprint density at radius 2 is 1.89 bits per heavy atom. The van der Waals surface area contributed by atoms with Crippen LogP contribution in [0.5, 0.6) is 0 Å². The zero-order chi connectivity index (χ0) is 13.0. The highest BCUT2D eigenvalue weighted by Crippen LogP contribution is 2.26. The number of nitrogens with one attached hydrogen (secondary N) is 1. The molecule has 0 spiro atoms. The Hall–Kier alpha value is -1.71. The standard InChI is InChI=1S/C14H21N3O/c1-16-14(18)11-6-7-13(12(15)10-11)17-8-4-2-3-5-9-17/h6-7,10H,2-5,8-9,15H2,1H3,(H,16,18). The second-order valence-electron chi connectivity index (χ2n) is 4.75. The van der Waals surface area contributed by atoms with Crippen molar-refractivity contribution in [2.45, 2.75) is 25.7 Å². The van der Waals surface area contributed by atoms with Gasteiger partial charge in [0.25, 0.3) is 5.91 Å². The van der Waals surface area contributed by atoms with Gasteiger partial charge in [0, 0.05) is 25.7 Å². The van der Waals surface area contributed by atoms with E-state index in [1.54, 1.807) is 13.1 Å². The van der Waals surface area contributed by atoms with E-state index in [0.717, 1.165) is 18.8 Å². The van der Waals surface area contributed by atoms with Gasteiger partial charge < -0.3 is 16.0 Å². The third kappa shape index (κ3) is 2.75. The summed E-state index contributed by atoms with van der Waals surface area (Å²) >= 11 is 0. The van der Waals surface area contributed by atoms with Crippen LogP contribution < -0.4 is 16.0 Å². The summed E-state index contributed by atoms with van der Waals surface area (Å²) in [4.78, 5) is 13.9. The summed E-state index contributed by atoms with van der Waals surface area (Å²) < 4.78 is 0. The Balaban J connectivity index is 2.20. The van der Waals surface area contributed by atoms with Gasteiger partial charge in [-0.3, -0.25) is 4.79 Å². The molecule has 2 rings (SSSR count). The molecule has 4 nitrogen and oxygen atoms in total. The number of hydrogen-bond donors (Lipinski definition) is 2. The minimum Gasteiger partial charge on any atom is -0.397 e. The van der Waals surface area contributed by atoms with Crippen LogP contribution in [0.4, 0.5) is 11.4 Å². The van der Waals surface area contributed by atoms with Gasteiger partial charge in [0.2, 0.25) is 0 Å². The molecule has 1 saturated heterocycles. The van der Waals surface area contributed by atoms with E-state index in [1.807, 2.05) is 12.1 Å². The zero-order valence-electron chi connectivity index (χ0n) is 10.9. The topological polar surface area (TPSA) is 58.4 Å². The maximum atomic E-state index is 11.5. The largest absolute Gasteiger partial charge is 0.397 e. The second-order valence-corrected chi connectivity index (χ2v) is 4.75. The average Bonchev–Trinajstić information content (AvgIpc) is 2.66. The number of carbonyl (C=O) groups is 1. The number of nitrogen functional groups attached to an aromatic ring is 1. The minimum atomic E-state index is -0.0934. The molecule has 4 heteroatoms. The van der Waals surface area contributed by atoms with Crippen LogP contribution in [0.15, 0.2) is 18.2 Å². The Morgan fingerprint density at radius 1 is 1.22 bits per heavy atom. The molecule has 98 valence electrons. The Morgan fingerprint density at radius 3 is 2.44 bits per heavy atom. The molecule has 0 aromatic heterocycles. The molecule has 18 heavy (non-hydrogen) atoms. The lowest BCUT2D eigenvalue weighted by atomic mass is 10.1. The molecule has 0 saturated carbocycles. The molecule has 1 aromatic rings. The number of nitrogens with zero attached hydrogens (tertiary/aromatic N) is 1. The van der Waals surface area contributed by atoms with Crippen LogP contribution in [0.2, 0.25) is 0 Å². The van der Waals surface area contributed by atoms with E-state index in [2.05, 4.69) is 10.2 Å². The highest BCUT2D eigenvalue weighted by Gasteiger charge is 2.14. The van der Waals surface area contributed by atoms with Crippen LogP contribution in [0.3, 0.4) is 0 Å². The molecule has 0 aliphatic carbocycles. The quantitative estimate of drug-likeness (QED) is 0.786. The van der Waals surface area contributed by atoms with E-state index < -0.39 is 0 Å². The minimum absolute atomic E-state index is 0.0934. The molecular weight excluding hydrogens is 226 g/mol. The van der Waals surface area contributed by atoms with E-state index in [4.69, 9.17) is 5.73 Å². The third-order valence-corrected chi connectivity index (χ3v) is 3.46. The van der Waals surface area contributed by atoms with Gasteiger partial charge in [0.05, 0.1) is 11.4 Å². The van der Waals surface area contributed by atoms with Gasteiger partial charge in [0.1, 0.15) is 0 Å². The Labute approximate surface area is 108 Å². The van der Waals surface area contributed by atoms with Crippen LogP contribution in [0.1, 0.15) is 36.0 Å². The van der Waals surface area contributed by atoms with E-state index in [1.165, 1.54) is 25.7 Å². The highest BCUT2D eigenvalue weighted by molar-refractivity contribution is 5.96. The maximum Gasteiger partial charge on any atom is 0.251 e. The summed E-state index contributed by atoms with van der Waals surface area (Å²) in [6.07, 6.45) is 5.03. The van der Waals surface area contributed by atoms with Crippen molar-refractivity contribution in [2.24, 2.45) is 0 Å². The third-order valence-electron chi connectivity index (χ3n) is 3.46. The van der Waals surface area contributed by atoms with Crippen LogP contribution in [-0.2, 0) is 0 Å². The summed E-state index contributed by atoms with van der Waals surface area (Å²) in [6.45, 7) is 2.12. The first-order valence-corrected chi connectivity index (χ1v) is 6.59. The van der Waals surface area contributed by atoms with Gasteiger partial charge in [-0.05, 0) is 31.0 Å². The summed E-state index contributed by atoms with van der Waals surface area (Å²) in [5.41, 5.74) is 8.45. The molecule has 0 bridgehead atoms. The summed E-state index contributed by atoms with van der Waals surface area (Å²) in [6, 6.07) is 5.57. The van der Waals surface area contributed by atoms with Gasteiger partial charge in [-0.2, -0.15) is 0 Å². The monoisotopic (exact) mass is 247 g/mol. The number of hydrogen-bond acceptors (Lipinski definition) is 3. The lowest BCUT2D eigenvalue weighted by Crippen LogP contribution is -2.25. The summed E-state index contributed by atoms with van der Waals surface area (Å²) in [7, 11) is 1.63. The first-order chi connectivity index (χ1) is 8.72. The predicted molar refractivity (Wildman–Crippen MR) is 74.9 cm³/mol. The van der Waals surface area contributed by atoms with E-state index in [-0.39, 0.29) is 5.91 Å². The van der Waals surface area contributed by atoms with E-state index in [9.17, 15) is 4.79 Å². The molecular formula is C14H21N3O. The van der Waals surface area contributed by atoms with Crippen LogP contribution in [-0.4, -0.2) is 26.0 Å². The number of rotatable bonds is 2. The van der Waals surface area contributed by atoms with Gasteiger partial charge in [-0.25, -0.2) is 0 Å². The van der Waals surface area contributed by atoms with Crippen molar-refractivity contribution in [1.29, 1.82) is 0 Å². The normalized spacial score (nSPS) is 16.2. The fourth-order valence-corrected chi connectivity index (χ4v) is 2.44. The molecule has 0 unspecified atom stereocenters. The molecule has 1 fully saturated rings. The molecule has 0 atom stereocenters. The first-order valence-electron chi connectivity index (χ1n) is 6.59. The second kappa shape index (κ2) is 5.76. The van der Waals surface area contributed by atoms with Crippen molar-refractivity contribution >= 4 is 17.3 Å². The fourth-order valence-electron chi connectivity index (χ4n) is 2.44. The summed E-state index contributed by atoms with van der Waals surface area (Å²) in [5, 5.41) is 2.61. The number of amides is 1. The summed E-state index contributed by atoms with van der Waals surface area (Å²) in [5.74, 6) is -0.0934. The smallest absolute Gasteiger partial charge is 0.251 e. The number of benzene rings is 1. The molecule has 1 aliphatic heterocycles. The van der Waals surface area contributed by atoms with Crippen LogP contribution >= 0.6 is 0 Å². The first kappa shape index (κ1) is 12.7. The van der Waals surface area contributed by atoms with E-state index >= 15 is 0 Å². The van der Waals surface area contributed by atoms with Gasteiger partial charge in [-0.1, -0.05) is 12.8 Å². The average molecular weight is 247 g/mol. The molecule has 3 N–H and O–H groups in total. The van der Waals surface area contributed by atoms with Gasteiger partial charge in [-0.15, -0.1) is 0 Å². The van der Waals surface area contributed by atoms with Gasteiger partial charge in [0.15, 0.2) is 0 Å². The maximum absolute atomic E-state index is 11.5.